The third kappa shape index (κ3) is 4.44. The Bertz CT molecular complexity index is 783. The van der Waals surface area contributed by atoms with Gasteiger partial charge in [-0.1, -0.05) is 13.8 Å². The summed E-state index contributed by atoms with van der Waals surface area (Å²) in [7, 11) is 3.17. The molecule has 0 aliphatic carbocycles. The molecule has 0 radical (unpaired) electrons. The summed E-state index contributed by atoms with van der Waals surface area (Å²) in [5, 5.41) is 7.30. The average Bonchev–Trinajstić information content (AvgIpc) is 2.99. The van der Waals surface area contributed by atoms with Gasteiger partial charge in [-0.15, -0.1) is 0 Å². The molecule has 1 aromatic carbocycles. The van der Waals surface area contributed by atoms with Crippen molar-refractivity contribution in [3.63, 3.8) is 0 Å². The number of rotatable bonds is 9. The van der Waals surface area contributed by atoms with Crippen LogP contribution in [-0.4, -0.2) is 42.6 Å². The largest absolute Gasteiger partial charge is 0.467 e. The van der Waals surface area contributed by atoms with Gasteiger partial charge in [-0.25, -0.2) is 0 Å². The quantitative estimate of drug-likeness (QED) is 0.516. The smallest absolute Gasteiger partial charge is 0.195 e. The molecule has 0 saturated carbocycles. The molecule has 0 aliphatic heterocycles. The minimum absolute atomic E-state index is 0.116. The maximum Gasteiger partial charge on any atom is 0.195 e. The summed E-state index contributed by atoms with van der Waals surface area (Å²) in [6, 6.07) is 4.04. The van der Waals surface area contributed by atoms with Crippen molar-refractivity contribution >= 4 is 12.2 Å². The number of hydrogen-bond donors (Lipinski definition) is 1. The van der Waals surface area contributed by atoms with Crippen LogP contribution in [0.4, 0.5) is 0 Å². The Hall–Kier alpha value is -1.90. The van der Waals surface area contributed by atoms with Gasteiger partial charge in [-0.2, -0.15) is 5.10 Å². The number of H-pyrrole nitrogens is 1. The molecule has 8 heteroatoms. The summed E-state index contributed by atoms with van der Waals surface area (Å²) in [6.07, 6.45) is 0. The maximum absolute atomic E-state index is 5.80. The summed E-state index contributed by atoms with van der Waals surface area (Å²) >= 11 is 5.39. The third-order valence-electron chi connectivity index (χ3n) is 3.86. The van der Waals surface area contributed by atoms with Gasteiger partial charge in [0.2, 0.25) is 0 Å². The van der Waals surface area contributed by atoms with Crippen LogP contribution in [0.15, 0.2) is 12.1 Å². The zero-order valence-electron chi connectivity index (χ0n) is 16.2. The number of nitrogens with zero attached hydrogens (tertiary/aromatic N) is 2. The highest BCUT2D eigenvalue weighted by Crippen LogP contribution is 2.39. The minimum Gasteiger partial charge on any atom is -0.467 e. The monoisotopic (exact) mass is 381 g/mol. The van der Waals surface area contributed by atoms with E-state index in [1.807, 2.05) is 16.7 Å². The molecule has 0 amide bonds. The standard InChI is InChI=1S/C18H27N3O4S/c1-11(2)13-7-14(17-19-20-18(26)21(17)12(3)4)16(25-10-23-6)8-15(13)24-9-22-5/h7-8,11-12H,9-10H2,1-6H3,(H,20,26). The summed E-state index contributed by atoms with van der Waals surface area (Å²) in [4.78, 5) is 0. The summed E-state index contributed by atoms with van der Waals surface area (Å²) in [5.74, 6) is 2.28. The Balaban J connectivity index is 2.66. The minimum atomic E-state index is 0.116. The van der Waals surface area contributed by atoms with E-state index in [0.717, 1.165) is 17.0 Å². The van der Waals surface area contributed by atoms with E-state index >= 15 is 0 Å². The number of hydrogen-bond acceptors (Lipinski definition) is 6. The third-order valence-corrected chi connectivity index (χ3v) is 4.15. The Morgan fingerprint density at radius 2 is 1.65 bits per heavy atom. The van der Waals surface area contributed by atoms with Gasteiger partial charge in [-0.3, -0.25) is 9.67 Å². The Morgan fingerprint density at radius 1 is 1.04 bits per heavy atom. The highest BCUT2D eigenvalue weighted by atomic mass is 32.1. The molecule has 0 aliphatic rings. The molecular formula is C18H27N3O4S. The average molecular weight is 381 g/mol. The number of nitrogens with one attached hydrogen (secondary N) is 1. The lowest BCUT2D eigenvalue weighted by molar-refractivity contribution is 0.0457. The van der Waals surface area contributed by atoms with Crippen LogP contribution in [0.2, 0.25) is 0 Å². The SMILES string of the molecule is COCOc1cc(OCOC)c(C(C)C)cc1-c1n[nH]c(=S)n1C(C)C. The Labute approximate surface area is 159 Å². The van der Waals surface area contributed by atoms with Crippen LogP contribution in [0, 0.1) is 4.77 Å². The molecule has 0 unspecified atom stereocenters. The van der Waals surface area contributed by atoms with E-state index in [0.29, 0.717) is 16.3 Å². The molecule has 2 aromatic rings. The van der Waals surface area contributed by atoms with E-state index in [-0.39, 0.29) is 25.5 Å². The van der Waals surface area contributed by atoms with Crippen LogP contribution < -0.4 is 9.47 Å². The van der Waals surface area contributed by atoms with Gasteiger partial charge in [0, 0.05) is 26.3 Å². The van der Waals surface area contributed by atoms with Crippen molar-refractivity contribution in [3.8, 4) is 22.9 Å². The highest BCUT2D eigenvalue weighted by Gasteiger charge is 2.21. The molecule has 2 rings (SSSR count). The first kappa shape index (κ1) is 20.4. The molecule has 0 spiro atoms. The molecule has 26 heavy (non-hydrogen) atoms. The lowest BCUT2D eigenvalue weighted by Gasteiger charge is -2.19. The van der Waals surface area contributed by atoms with Crippen molar-refractivity contribution in [1.29, 1.82) is 0 Å². The van der Waals surface area contributed by atoms with Gasteiger partial charge in [0.15, 0.2) is 24.2 Å². The highest BCUT2D eigenvalue weighted by molar-refractivity contribution is 7.71. The second kappa shape index (κ2) is 9.16. The predicted molar refractivity (Wildman–Crippen MR) is 102 cm³/mol. The molecule has 0 fully saturated rings. The first-order valence-corrected chi connectivity index (χ1v) is 8.90. The van der Waals surface area contributed by atoms with E-state index in [1.165, 1.54) is 0 Å². The van der Waals surface area contributed by atoms with E-state index in [9.17, 15) is 0 Å². The van der Waals surface area contributed by atoms with Crippen LogP contribution >= 0.6 is 12.2 Å². The van der Waals surface area contributed by atoms with Crippen LogP contribution in [0.5, 0.6) is 11.5 Å². The van der Waals surface area contributed by atoms with Crippen molar-refractivity contribution in [2.24, 2.45) is 0 Å². The van der Waals surface area contributed by atoms with Gasteiger partial charge < -0.3 is 18.9 Å². The zero-order chi connectivity index (χ0) is 19.3. The number of aromatic nitrogens is 3. The van der Waals surface area contributed by atoms with E-state index in [1.54, 1.807) is 14.2 Å². The normalized spacial score (nSPS) is 11.4. The molecule has 1 aromatic heterocycles. The lowest BCUT2D eigenvalue weighted by atomic mass is 9.98. The molecule has 0 atom stereocenters. The van der Waals surface area contributed by atoms with Crippen molar-refractivity contribution in [2.75, 3.05) is 27.8 Å². The van der Waals surface area contributed by atoms with Gasteiger partial charge in [0.25, 0.3) is 0 Å². The van der Waals surface area contributed by atoms with Crippen molar-refractivity contribution < 1.29 is 18.9 Å². The fraction of sp³-hybridized carbons (Fsp3) is 0.556. The summed E-state index contributed by atoms with van der Waals surface area (Å²) in [6.45, 7) is 8.61. The number of benzene rings is 1. The Morgan fingerprint density at radius 3 is 2.19 bits per heavy atom. The first-order chi connectivity index (χ1) is 12.4. The number of methoxy groups -OCH3 is 2. The van der Waals surface area contributed by atoms with E-state index < -0.39 is 0 Å². The second-order valence-electron chi connectivity index (χ2n) is 6.46. The van der Waals surface area contributed by atoms with Crippen molar-refractivity contribution in [1.82, 2.24) is 14.8 Å². The fourth-order valence-corrected chi connectivity index (χ4v) is 3.01. The van der Waals surface area contributed by atoms with Crippen LogP contribution in [-0.2, 0) is 9.47 Å². The van der Waals surface area contributed by atoms with Gasteiger partial charge >= 0.3 is 0 Å². The molecular weight excluding hydrogens is 354 g/mol. The van der Waals surface area contributed by atoms with Crippen LogP contribution in [0.25, 0.3) is 11.4 Å². The van der Waals surface area contributed by atoms with E-state index in [2.05, 4.69) is 37.9 Å². The summed E-state index contributed by atoms with van der Waals surface area (Å²) in [5.41, 5.74) is 1.86. The van der Waals surface area contributed by atoms with Crippen molar-refractivity contribution in [2.45, 2.75) is 39.7 Å². The molecule has 1 heterocycles. The fourth-order valence-electron chi connectivity index (χ4n) is 2.67. The maximum atomic E-state index is 5.80. The molecule has 7 nitrogen and oxygen atoms in total. The molecule has 0 saturated heterocycles. The van der Waals surface area contributed by atoms with Gasteiger partial charge in [0.05, 0.1) is 5.56 Å². The zero-order valence-corrected chi connectivity index (χ0v) is 17.0. The lowest BCUT2D eigenvalue weighted by Crippen LogP contribution is -2.08. The van der Waals surface area contributed by atoms with E-state index in [4.69, 9.17) is 31.2 Å². The molecule has 1 N–H and O–H groups in total. The van der Waals surface area contributed by atoms with Crippen LogP contribution in [0.1, 0.15) is 45.2 Å². The summed E-state index contributed by atoms with van der Waals surface area (Å²) < 4.78 is 24.2. The Kier molecular flexibility index (Phi) is 7.19. The predicted octanol–water partition coefficient (Wildman–Crippen LogP) is 4.28. The topological polar surface area (TPSA) is 70.5 Å². The van der Waals surface area contributed by atoms with Gasteiger partial charge in [0.1, 0.15) is 11.5 Å². The first-order valence-electron chi connectivity index (χ1n) is 8.49. The molecule has 0 bridgehead atoms. The molecule has 144 valence electrons. The van der Waals surface area contributed by atoms with Crippen LogP contribution in [0.3, 0.4) is 0 Å². The number of aromatic amines is 1. The van der Waals surface area contributed by atoms with Gasteiger partial charge in [-0.05, 0) is 43.6 Å². The second-order valence-corrected chi connectivity index (χ2v) is 6.85. The van der Waals surface area contributed by atoms with Crippen molar-refractivity contribution in [3.05, 3.63) is 22.5 Å². The number of ether oxygens (including phenoxy) is 4.